The molecule has 0 saturated heterocycles. The van der Waals surface area contributed by atoms with Crippen molar-refractivity contribution in [3.8, 4) is 17.2 Å². The van der Waals surface area contributed by atoms with Crippen molar-refractivity contribution in [3.63, 3.8) is 0 Å². The molecule has 1 heterocycles. The zero-order chi connectivity index (χ0) is 12.3. The predicted octanol–water partition coefficient (Wildman–Crippen LogP) is 1.83. The zero-order valence-electron chi connectivity index (χ0n) is 9.56. The van der Waals surface area contributed by atoms with E-state index in [1.807, 2.05) is 13.0 Å². The highest BCUT2D eigenvalue weighted by Crippen LogP contribution is 2.38. The van der Waals surface area contributed by atoms with Crippen LogP contribution >= 0.6 is 0 Å². The fourth-order valence-electron chi connectivity index (χ4n) is 1.70. The molecule has 0 bridgehead atoms. The average molecular weight is 238 g/mol. The number of carbonyl (C=O) groups is 1. The van der Waals surface area contributed by atoms with Crippen molar-refractivity contribution < 1.29 is 24.1 Å². The Hall–Kier alpha value is -1.91. The van der Waals surface area contributed by atoms with Crippen molar-refractivity contribution >= 4 is 5.97 Å². The van der Waals surface area contributed by atoms with Crippen LogP contribution < -0.4 is 14.2 Å². The van der Waals surface area contributed by atoms with Gasteiger partial charge >= 0.3 is 5.97 Å². The van der Waals surface area contributed by atoms with E-state index in [2.05, 4.69) is 0 Å². The van der Waals surface area contributed by atoms with Gasteiger partial charge in [0.15, 0.2) is 18.1 Å². The van der Waals surface area contributed by atoms with Gasteiger partial charge in [0.05, 0.1) is 0 Å². The maximum atomic E-state index is 10.5. The highest BCUT2D eigenvalue weighted by atomic mass is 16.7. The second-order valence-electron chi connectivity index (χ2n) is 3.75. The Balaban J connectivity index is 2.24. The lowest BCUT2D eigenvalue weighted by atomic mass is 10.1. The fraction of sp³-hybridized carbons (Fsp3) is 0.417. The lowest BCUT2D eigenvalue weighted by Crippen LogP contribution is -2.10. The highest BCUT2D eigenvalue weighted by Gasteiger charge is 2.18. The van der Waals surface area contributed by atoms with E-state index in [1.54, 1.807) is 6.07 Å². The Kier molecular flexibility index (Phi) is 3.37. The van der Waals surface area contributed by atoms with E-state index < -0.39 is 5.97 Å². The van der Waals surface area contributed by atoms with Gasteiger partial charge in [-0.2, -0.15) is 0 Å². The number of aryl methyl sites for hydroxylation is 1. The van der Waals surface area contributed by atoms with Gasteiger partial charge in [0.1, 0.15) is 5.75 Å². The minimum atomic E-state index is -0.995. The second kappa shape index (κ2) is 4.95. The van der Waals surface area contributed by atoms with Gasteiger partial charge in [0.25, 0.3) is 0 Å². The molecule has 0 aliphatic carbocycles. The summed E-state index contributed by atoms with van der Waals surface area (Å²) in [6.45, 7) is 1.89. The Morgan fingerprint density at radius 2 is 2.12 bits per heavy atom. The Morgan fingerprint density at radius 3 is 2.76 bits per heavy atom. The number of rotatable bonds is 5. The summed E-state index contributed by atoms with van der Waals surface area (Å²) in [6.07, 6.45) is 1.76. The molecule has 2 rings (SSSR count). The third-order valence-electron chi connectivity index (χ3n) is 2.43. The minimum Gasteiger partial charge on any atom is -0.481 e. The van der Waals surface area contributed by atoms with Crippen molar-refractivity contribution in [2.45, 2.75) is 19.8 Å². The van der Waals surface area contributed by atoms with E-state index in [0.717, 1.165) is 18.4 Å². The van der Waals surface area contributed by atoms with Crippen LogP contribution in [-0.2, 0) is 11.2 Å². The molecule has 0 unspecified atom stereocenters. The van der Waals surface area contributed by atoms with Gasteiger partial charge in [-0.15, -0.1) is 0 Å². The number of benzene rings is 1. The molecular formula is C12H14O5. The van der Waals surface area contributed by atoms with Gasteiger partial charge in [-0.3, -0.25) is 0 Å². The number of aliphatic carboxylic acids is 1. The van der Waals surface area contributed by atoms with Crippen LogP contribution in [0.25, 0.3) is 0 Å². The number of carboxylic acid groups (broad SMARTS) is 1. The normalized spacial score (nSPS) is 12.5. The molecule has 1 aromatic rings. The molecule has 0 fully saturated rings. The molecule has 5 nitrogen and oxygen atoms in total. The van der Waals surface area contributed by atoms with E-state index >= 15 is 0 Å². The van der Waals surface area contributed by atoms with Crippen LogP contribution in [0.3, 0.4) is 0 Å². The molecule has 17 heavy (non-hydrogen) atoms. The maximum absolute atomic E-state index is 10.5. The molecule has 0 radical (unpaired) electrons. The van der Waals surface area contributed by atoms with Crippen molar-refractivity contribution in [3.05, 3.63) is 17.7 Å². The van der Waals surface area contributed by atoms with Crippen molar-refractivity contribution in [1.82, 2.24) is 0 Å². The molecule has 0 spiro atoms. The Morgan fingerprint density at radius 1 is 1.41 bits per heavy atom. The molecule has 1 aliphatic heterocycles. The minimum absolute atomic E-state index is 0.198. The first-order valence-corrected chi connectivity index (χ1v) is 5.48. The van der Waals surface area contributed by atoms with Crippen LogP contribution in [-0.4, -0.2) is 24.5 Å². The monoisotopic (exact) mass is 238 g/mol. The lowest BCUT2D eigenvalue weighted by molar-refractivity contribution is -0.139. The molecule has 0 atom stereocenters. The van der Waals surface area contributed by atoms with Crippen molar-refractivity contribution in [1.29, 1.82) is 0 Å². The van der Waals surface area contributed by atoms with E-state index in [-0.39, 0.29) is 13.4 Å². The molecule has 0 amide bonds. The molecule has 92 valence electrons. The Bertz CT molecular complexity index is 427. The number of hydrogen-bond donors (Lipinski definition) is 1. The van der Waals surface area contributed by atoms with E-state index in [4.69, 9.17) is 19.3 Å². The first-order chi connectivity index (χ1) is 8.20. The molecular weight excluding hydrogens is 224 g/mol. The molecule has 1 N–H and O–H groups in total. The van der Waals surface area contributed by atoms with Crippen molar-refractivity contribution in [2.24, 2.45) is 0 Å². The van der Waals surface area contributed by atoms with E-state index in [1.165, 1.54) is 0 Å². The summed E-state index contributed by atoms with van der Waals surface area (Å²) < 4.78 is 15.7. The summed E-state index contributed by atoms with van der Waals surface area (Å²) in [5.41, 5.74) is 0.943. The smallest absolute Gasteiger partial charge is 0.341 e. The van der Waals surface area contributed by atoms with Gasteiger partial charge in [0, 0.05) is 6.07 Å². The summed E-state index contributed by atoms with van der Waals surface area (Å²) in [5, 5.41) is 8.61. The number of ether oxygens (including phenoxy) is 3. The Labute approximate surface area is 98.9 Å². The van der Waals surface area contributed by atoms with E-state index in [0.29, 0.717) is 17.2 Å². The second-order valence-corrected chi connectivity index (χ2v) is 3.75. The van der Waals surface area contributed by atoms with Crippen LogP contribution in [0, 0.1) is 0 Å². The molecule has 1 aromatic carbocycles. The van der Waals surface area contributed by atoms with Gasteiger partial charge < -0.3 is 19.3 Å². The summed E-state index contributed by atoms with van der Waals surface area (Å²) in [4.78, 5) is 10.5. The lowest BCUT2D eigenvalue weighted by Gasteiger charge is -2.10. The van der Waals surface area contributed by atoms with Crippen LogP contribution in [0.2, 0.25) is 0 Å². The summed E-state index contributed by atoms with van der Waals surface area (Å²) in [5.74, 6) is 0.852. The van der Waals surface area contributed by atoms with Gasteiger partial charge in [-0.25, -0.2) is 4.79 Å². The van der Waals surface area contributed by atoms with Gasteiger partial charge in [-0.1, -0.05) is 13.3 Å². The third-order valence-corrected chi connectivity index (χ3v) is 2.43. The fourth-order valence-corrected chi connectivity index (χ4v) is 1.70. The van der Waals surface area contributed by atoms with Crippen molar-refractivity contribution in [2.75, 3.05) is 13.4 Å². The van der Waals surface area contributed by atoms with Gasteiger partial charge in [0.2, 0.25) is 6.79 Å². The molecule has 5 heteroatoms. The predicted molar refractivity (Wildman–Crippen MR) is 59.7 cm³/mol. The zero-order valence-corrected chi connectivity index (χ0v) is 9.56. The summed E-state index contributed by atoms with van der Waals surface area (Å²) in [7, 11) is 0. The molecule has 1 aliphatic rings. The first-order valence-electron chi connectivity index (χ1n) is 5.48. The number of carboxylic acids is 1. The number of hydrogen-bond acceptors (Lipinski definition) is 4. The summed E-state index contributed by atoms with van der Waals surface area (Å²) in [6, 6.07) is 3.54. The van der Waals surface area contributed by atoms with E-state index in [9.17, 15) is 4.79 Å². The summed E-state index contributed by atoms with van der Waals surface area (Å²) >= 11 is 0. The van der Waals surface area contributed by atoms with Crippen LogP contribution in [0.15, 0.2) is 12.1 Å². The molecule has 0 saturated carbocycles. The first kappa shape index (κ1) is 11.6. The SMILES string of the molecule is CCCc1cc2c(cc1OCC(=O)O)OCO2. The van der Waals surface area contributed by atoms with Crippen LogP contribution in [0.1, 0.15) is 18.9 Å². The average Bonchev–Trinajstić information content (AvgIpc) is 2.73. The highest BCUT2D eigenvalue weighted by molar-refractivity contribution is 5.68. The third kappa shape index (κ3) is 2.61. The number of fused-ring (bicyclic) bond motifs is 1. The quantitative estimate of drug-likeness (QED) is 0.847. The van der Waals surface area contributed by atoms with Gasteiger partial charge in [-0.05, 0) is 18.1 Å². The van der Waals surface area contributed by atoms with Crippen LogP contribution in [0.5, 0.6) is 17.2 Å². The maximum Gasteiger partial charge on any atom is 0.341 e. The van der Waals surface area contributed by atoms with Crippen LogP contribution in [0.4, 0.5) is 0 Å². The largest absolute Gasteiger partial charge is 0.481 e. The molecule has 0 aromatic heterocycles. The standard InChI is InChI=1S/C12H14O5/c1-2-3-8-4-10-11(17-7-16-10)5-9(8)15-6-12(13)14/h4-5H,2-3,6-7H2,1H3,(H,13,14). The topological polar surface area (TPSA) is 65.0 Å².